The Labute approximate surface area is 112 Å². The zero-order valence-electron chi connectivity index (χ0n) is 11.1. The predicted molar refractivity (Wildman–Crippen MR) is 73.8 cm³/mol. The van der Waals surface area contributed by atoms with Crippen molar-refractivity contribution in [3.05, 3.63) is 59.7 Å². The first-order valence-corrected chi connectivity index (χ1v) is 6.18. The summed E-state index contributed by atoms with van der Waals surface area (Å²) < 4.78 is 10.5. The minimum atomic E-state index is -0.382. The van der Waals surface area contributed by atoms with Crippen LogP contribution in [0.5, 0.6) is 11.5 Å². The number of carbonyl (C=O) groups excluding carboxylic acids is 1. The molecule has 2 rings (SSSR count). The summed E-state index contributed by atoms with van der Waals surface area (Å²) in [5.41, 5.74) is 1.72. The Morgan fingerprint density at radius 2 is 1.63 bits per heavy atom. The van der Waals surface area contributed by atoms with Crippen molar-refractivity contribution < 1.29 is 14.3 Å². The lowest BCUT2D eigenvalue weighted by molar-refractivity contribution is 0.0729. The number of hydrogen-bond acceptors (Lipinski definition) is 3. The third-order valence-corrected chi connectivity index (χ3v) is 2.87. The summed E-state index contributed by atoms with van der Waals surface area (Å²) in [6.45, 7) is 2.07. The van der Waals surface area contributed by atoms with E-state index in [0.29, 0.717) is 17.1 Å². The van der Waals surface area contributed by atoms with Crippen LogP contribution in [0.4, 0.5) is 0 Å². The van der Waals surface area contributed by atoms with Gasteiger partial charge in [-0.3, -0.25) is 0 Å². The summed E-state index contributed by atoms with van der Waals surface area (Å²) >= 11 is 0. The van der Waals surface area contributed by atoms with E-state index in [0.717, 1.165) is 6.42 Å². The molecule has 0 aliphatic rings. The van der Waals surface area contributed by atoms with E-state index in [1.807, 2.05) is 18.2 Å². The van der Waals surface area contributed by atoms with Gasteiger partial charge in [-0.2, -0.15) is 0 Å². The van der Waals surface area contributed by atoms with Crippen LogP contribution >= 0.6 is 0 Å². The van der Waals surface area contributed by atoms with Crippen molar-refractivity contribution in [1.29, 1.82) is 0 Å². The molecule has 0 spiro atoms. The van der Waals surface area contributed by atoms with Crippen LogP contribution in [0.25, 0.3) is 0 Å². The van der Waals surface area contributed by atoms with Gasteiger partial charge in [0.2, 0.25) is 0 Å². The molecule has 3 heteroatoms. The molecule has 19 heavy (non-hydrogen) atoms. The molecule has 2 aromatic carbocycles. The summed E-state index contributed by atoms with van der Waals surface area (Å²) in [5, 5.41) is 0. The number of para-hydroxylation sites is 2. The third-order valence-electron chi connectivity index (χ3n) is 2.87. The molecular formula is C16H16O3. The fourth-order valence-electron chi connectivity index (χ4n) is 1.74. The highest BCUT2D eigenvalue weighted by atomic mass is 16.6. The van der Waals surface area contributed by atoms with Gasteiger partial charge in [0.25, 0.3) is 0 Å². The van der Waals surface area contributed by atoms with Crippen molar-refractivity contribution in [1.82, 2.24) is 0 Å². The van der Waals surface area contributed by atoms with Crippen LogP contribution in [-0.4, -0.2) is 13.1 Å². The summed E-state index contributed by atoms with van der Waals surface area (Å²) in [6.07, 6.45) is 0.946. The van der Waals surface area contributed by atoms with Gasteiger partial charge in [-0.1, -0.05) is 31.2 Å². The van der Waals surface area contributed by atoms with Crippen LogP contribution in [0.15, 0.2) is 48.5 Å². The molecule has 3 nitrogen and oxygen atoms in total. The zero-order valence-corrected chi connectivity index (χ0v) is 11.1. The molecule has 0 saturated heterocycles. The Morgan fingerprint density at radius 3 is 2.21 bits per heavy atom. The van der Waals surface area contributed by atoms with Crippen LogP contribution in [0.3, 0.4) is 0 Å². The Kier molecular flexibility index (Phi) is 4.18. The molecule has 0 saturated carbocycles. The van der Waals surface area contributed by atoms with Crippen LogP contribution < -0.4 is 9.47 Å². The molecule has 0 bridgehead atoms. The molecule has 0 N–H and O–H groups in total. The van der Waals surface area contributed by atoms with E-state index < -0.39 is 0 Å². The molecule has 0 unspecified atom stereocenters. The number of esters is 1. The van der Waals surface area contributed by atoms with E-state index in [-0.39, 0.29) is 5.97 Å². The normalized spacial score (nSPS) is 10.0. The van der Waals surface area contributed by atoms with Gasteiger partial charge >= 0.3 is 5.97 Å². The van der Waals surface area contributed by atoms with E-state index in [9.17, 15) is 4.79 Å². The van der Waals surface area contributed by atoms with Crippen molar-refractivity contribution in [3.8, 4) is 11.5 Å². The molecule has 0 aliphatic carbocycles. The topological polar surface area (TPSA) is 35.5 Å². The van der Waals surface area contributed by atoms with Gasteiger partial charge in [0.1, 0.15) is 0 Å². The van der Waals surface area contributed by atoms with Gasteiger partial charge in [0.05, 0.1) is 12.7 Å². The molecule has 0 aromatic heterocycles. The van der Waals surface area contributed by atoms with Gasteiger partial charge in [-0.15, -0.1) is 0 Å². The van der Waals surface area contributed by atoms with Gasteiger partial charge in [-0.25, -0.2) is 4.79 Å². The second kappa shape index (κ2) is 6.05. The number of benzene rings is 2. The van der Waals surface area contributed by atoms with Crippen LogP contribution in [0, 0.1) is 0 Å². The lowest BCUT2D eigenvalue weighted by Gasteiger charge is -2.08. The maximum absolute atomic E-state index is 12.0. The van der Waals surface area contributed by atoms with E-state index in [1.54, 1.807) is 37.4 Å². The standard InChI is InChI=1S/C16H16O3/c1-3-12-8-10-13(11-9-12)16(17)19-15-7-5-4-6-14(15)18-2/h4-11H,3H2,1-2H3. The molecule has 0 radical (unpaired) electrons. The molecule has 0 amide bonds. The van der Waals surface area contributed by atoms with E-state index >= 15 is 0 Å². The first kappa shape index (κ1) is 13.1. The molecule has 0 atom stereocenters. The molecule has 98 valence electrons. The zero-order chi connectivity index (χ0) is 13.7. The average molecular weight is 256 g/mol. The van der Waals surface area contributed by atoms with Crippen molar-refractivity contribution >= 4 is 5.97 Å². The second-order valence-corrected chi connectivity index (χ2v) is 4.09. The summed E-state index contributed by atoms with van der Waals surface area (Å²) in [6, 6.07) is 14.5. The van der Waals surface area contributed by atoms with Gasteiger partial charge in [0, 0.05) is 0 Å². The third kappa shape index (κ3) is 3.13. The first-order valence-electron chi connectivity index (χ1n) is 6.18. The van der Waals surface area contributed by atoms with Crippen molar-refractivity contribution in [2.24, 2.45) is 0 Å². The Bertz CT molecular complexity index is 558. The lowest BCUT2D eigenvalue weighted by Crippen LogP contribution is -2.09. The number of methoxy groups -OCH3 is 1. The quantitative estimate of drug-likeness (QED) is 0.620. The maximum Gasteiger partial charge on any atom is 0.343 e. The molecular weight excluding hydrogens is 240 g/mol. The Balaban J connectivity index is 2.16. The summed E-state index contributed by atoms with van der Waals surface area (Å²) in [5.74, 6) is 0.586. The highest BCUT2D eigenvalue weighted by molar-refractivity contribution is 5.91. The highest BCUT2D eigenvalue weighted by Crippen LogP contribution is 2.26. The molecule has 0 aliphatic heterocycles. The van der Waals surface area contributed by atoms with Crippen molar-refractivity contribution in [3.63, 3.8) is 0 Å². The second-order valence-electron chi connectivity index (χ2n) is 4.09. The minimum Gasteiger partial charge on any atom is -0.493 e. The number of hydrogen-bond donors (Lipinski definition) is 0. The monoisotopic (exact) mass is 256 g/mol. The SMILES string of the molecule is CCc1ccc(C(=O)Oc2ccccc2OC)cc1. The Morgan fingerprint density at radius 1 is 1.00 bits per heavy atom. The fourth-order valence-corrected chi connectivity index (χ4v) is 1.74. The number of carbonyl (C=O) groups is 1. The molecule has 2 aromatic rings. The van der Waals surface area contributed by atoms with Crippen molar-refractivity contribution in [2.45, 2.75) is 13.3 Å². The first-order chi connectivity index (χ1) is 9.24. The van der Waals surface area contributed by atoms with E-state index in [1.165, 1.54) is 5.56 Å². The largest absolute Gasteiger partial charge is 0.493 e. The lowest BCUT2D eigenvalue weighted by atomic mass is 10.1. The Hall–Kier alpha value is -2.29. The molecule has 0 heterocycles. The summed E-state index contributed by atoms with van der Waals surface area (Å²) in [4.78, 5) is 12.0. The van der Waals surface area contributed by atoms with Crippen LogP contribution in [0.1, 0.15) is 22.8 Å². The van der Waals surface area contributed by atoms with E-state index in [4.69, 9.17) is 9.47 Å². The number of aryl methyl sites for hydroxylation is 1. The van der Waals surface area contributed by atoms with Crippen molar-refractivity contribution in [2.75, 3.05) is 7.11 Å². The van der Waals surface area contributed by atoms with Crippen LogP contribution in [-0.2, 0) is 6.42 Å². The smallest absolute Gasteiger partial charge is 0.343 e. The average Bonchev–Trinajstić information content (AvgIpc) is 2.48. The number of ether oxygens (including phenoxy) is 2. The van der Waals surface area contributed by atoms with E-state index in [2.05, 4.69) is 6.92 Å². The van der Waals surface area contributed by atoms with Gasteiger partial charge < -0.3 is 9.47 Å². The van der Waals surface area contributed by atoms with Crippen LogP contribution in [0.2, 0.25) is 0 Å². The maximum atomic E-state index is 12.0. The van der Waals surface area contributed by atoms with Gasteiger partial charge in [-0.05, 0) is 36.2 Å². The predicted octanol–water partition coefficient (Wildman–Crippen LogP) is 3.48. The summed E-state index contributed by atoms with van der Waals surface area (Å²) in [7, 11) is 1.54. The van der Waals surface area contributed by atoms with Gasteiger partial charge in [0.15, 0.2) is 11.5 Å². The fraction of sp³-hybridized carbons (Fsp3) is 0.188. The minimum absolute atomic E-state index is 0.382. The highest BCUT2D eigenvalue weighted by Gasteiger charge is 2.11. The molecule has 0 fully saturated rings. The number of rotatable bonds is 4.